The van der Waals surface area contributed by atoms with Crippen LogP contribution < -0.4 is 14.8 Å². The van der Waals surface area contributed by atoms with E-state index in [1.807, 2.05) is 19.1 Å². The second kappa shape index (κ2) is 6.74. The summed E-state index contributed by atoms with van der Waals surface area (Å²) >= 11 is 0. The molecule has 0 aliphatic carbocycles. The molecular weight excluding hydrogens is 232 g/mol. The average molecular weight is 252 g/mol. The number of nitrogens with one attached hydrogen (secondary N) is 1. The minimum Gasteiger partial charge on any atom is -0.497 e. The Bertz CT molecular complexity index is 407. The second-order valence-electron chi connectivity index (χ2n) is 3.85. The first-order valence-corrected chi connectivity index (χ1v) is 5.82. The maximum Gasteiger partial charge on any atom is 0.317 e. The largest absolute Gasteiger partial charge is 0.497 e. The number of carbonyl (C=O) groups excluding carboxylic acids is 1. The van der Waals surface area contributed by atoms with Crippen molar-refractivity contribution in [3.05, 3.63) is 23.8 Å². The summed E-state index contributed by atoms with van der Waals surface area (Å²) in [5.41, 5.74) is 0.913. The Labute approximate surface area is 108 Å². The Morgan fingerprint density at radius 2 is 2.06 bits per heavy atom. The summed E-state index contributed by atoms with van der Waals surface area (Å²) in [5, 5.41) is 2.83. The van der Waals surface area contributed by atoms with Gasteiger partial charge in [0, 0.05) is 31.8 Å². The van der Waals surface area contributed by atoms with E-state index < -0.39 is 0 Å². The van der Waals surface area contributed by atoms with E-state index in [2.05, 4.69) is 5.32 Å². The van der Waals surface area contributed by atoms with Crippen molar-refractivity contribution in [1.29, 1.82) is 0 Å². The highest BCUT2D eigenvalue weighted by molar-refractivity contribution is 5.73. The average Bonchev–Trinajstić information content (AvgIpc) is 2.43. The van der Waals surface area contributed by atoms with Gasteiger partial charge in [0.15, 0.2) is 0 Å². The van der Waals surface area contributed by atoms with Gasteiger partial charge in [-0.1, -0.05) is 0 Å². The molecule has 1 aromatic rings. The standard InChI is InChI=1S/C13H20N2O3/c1-5-15(2)13(16)14-9-10-6-7-11(17-3)8-12(10)18-4/h6-8H,5,9H2,1-4H3,(H,14,16). The van der Waals surface area contributed by atoms with Gasteiger partial charge in [0.25, 0.3) is 0 Å². The molecule has 0 fully saturated rings. The van der Waals surface area contributed by atoms with Crippen LogP contribution in [0, 0.1) is 0 Å². The van der Waals surface area contributed by atoms with Crippen molar-refractivity contribution in [3.8, 4) is 11.5 Å². The summed E-state index contributed by atoms with van der Waals surface area (Å²) in [6.07, 6.45) is 0. The molecule has 18 heavy (non-hydrogen) atoms. The number of amides is 2. The first-order valence-electron chi connectivity index (χ1n) is 5.82. The third-order valence-electron chi connectivity index (χ3n) is 2.75. The van der Waals surface area contributed by atoms with Crippen LogP contribution >= 0.6 is 0 Å². The minimum absolute atomic E-state index is 0.102. The maximum absolute atomic E-state index is 11.6. The van der Waals surface area contributed by atoms with Crippen LogP contribution in [0.3, 0.4) is 0 Å². The molecule has 0 radical (unpaired) electrons. The summed E-state index contributed by atoms with van der Waals surface area (Å²) < 4.78 is 10.4. The highest BCUT2D eigenvalue weighted by Gasteiger charge is 2.09. The van der Waals surface area contributed by atoms with E-state index in [0.29, 0.717) is 18.8 Å². The lowest BCUT2D eigenvalue weighted by atomic mass is 10.2. The topological polar surface area (TPSA) is 50.8 Å². The Kier molecular flexibility index (Phi) is 5.30. The Hall–Kier alpha value is -1.91. The van der Waals surface area contributed by atoms with Crippen LogP contribution in [0.1, 0.15) is 12.5 Å². The summed E-state index contributed by atoms with van der Waals surface area (Å²) in [6.45, 7) is 3.02. The van der Waals surface area contributed by atoms with E-state index in [9.17, 15) is 4.79 Å². The van der Waals surface area contributed by atoms with Gasteiger partial charge in [0.05, 0.1) is 14.2 Å². The number of carbonyl (C=O) groups is 1. The first kappa shape index (κ1) is 14.2. The molecule has 0 unspecified atom stereocenters. The zero-order valence-corrected chi connectivity index (χ0v) is 11.3. The molecule has 0 heterocycles. The van der Waals surface area contributed by atoms with Gasteiger partial charge in [0.1, 0.15) is 11.5 Å². The van der Waals surface area contributed by atoms with Crippen molar-refractivity contribution in [2.75, 3.05) is 27.8 Å². The molecule has 2 amide bonds. The fourth-order valence-corrected chi connectivity index (χ4v) is 1.45. The van der Waals surface area contributed by atoms with E-state index in [-0.39, 0.29) is 6.03 Å². The Morgan fingerprint density at radius 1 is 1.33 bits per heavy atom. The Balaban J connectivity index is 2.70. The van der Waals surface area contributed by atoms with Crippen LogP contribution in [0.5, 0.6) is 11.5 Å². The molecular formula is C13H20N2O3. The maximum atomic E-state index is 11.6. The molecule has 0 bridgehead atoms. The highest BCUT2D eigenvalue weighted by Crippen LogP contribution is 2.24. The van der Waals surface area contributed by atoms with Gasteiger partial charge in [-0.15, -0.1) is 0 Å². The van der Waals surface area contributed by atoms with Crippen LogP contribution in [0.15, 0.2) is 18.2 Å². The molecule has 0 spiro atoms. The SMILES string of the molecule is CCN(C)C(=O)NCc1ccc(OC)cc1OC. The van der Waals surface area contributed by atoms with Crippen LogP contribution in [0.25, 0.3) is 0 Å². The van der Waals surface area contributed by atoms with E-state index in [1.165, 1.54) is 0 Å². The molecule has 0 saturated carbocycles. The Morgan fingerprint density at radius 3 is 2.61 bits per heavy atom. The van der Waals surface area contributed by atoms with E-state index in [4.69, 9.17) is 9.47 Å². The van der Waals surface area contributed by atoms with E-state index >= 15 is 0 Å². The number of ether oxygens (including phenoxy) is 2. The fourth-order valence-electron chi connectivity index (χ4n) is 1.45. The van der Waals surface area contributed by atoms with E-state index in [1.54, 1.807) is 32.2 Å². The molecule has 1 aromatic carbocycles. The molecule has 0 saturated heterocycles. The second-order valence-corrected chi connectivity index (χ2v) is 3.85. The molecule has 1 rings (SSSR count). The number of hydrogen-bond acceptors (Lipinski definition) is 3. The minimum atomic E-state index is -0.102. The highest BCUT2D eigenvalue weighted by atomic mass is 16.5. The number of benzene rings is 1. The van der Waals surface area contributed by atoms with Crippen molar-refractivity contribution in [1.82, 2.24) is 10.2 Å². The lowest BCUT2D eigenvalue weighted by Gasteiger charge is -2.16. The third-order valence-corrected chi connectivity index (χ3v) is 2.75. The summed E-state index contributed by atoms with van der Waals surface area (Å²) in [6, 6.07) is 5.41. The quantitative estimate of drug-likeness (QED) is 0.870. The molecule has 0 atom stereocenters. The van der Waals surface area contributed by atoms with Gasteiger partial charge in [0.2, 0.25) is 0 Å². The van der Waals surface area contributed by atoms with Crippen LogP contribution in [0.2, 0.25) is 0 Å². The zero-order valence-electron chi connectivity index (χ0n) is 11.3. The van der Waals surface area contributed by atoms with Crippen molar-refractivity contribution in [3.63, 3.8) is 0 Å². The number of rotatable bonds is 5. The first-order chi connectivity index (χ1) is 8.62. The predicted octanol–water partition coefficient (Wildman–Crippen LogP) is 1.87. The lowest BCUT2D eigenvalue weighted by molar-refractivity contribution is 0.210. The molecule has 5 heteroatoms. The molecule has 5 nitrogen and oxygen atoms in total. The van der Waals surface area contributed by atoms with Crippen LogP contribution in [-0.4, -0.2) is 38.7 Å². The number of hydrogen-bond donors (Lipinski definition) is 1. The normalized spacial score (nSPS) is 9.78. The number of nitrogens with zero attached hydrogens (tertiary/aromatic N) is 1. The summed E-state index contributed by atoms with van der Waals surface area (Å²) in [4.78, 5) is 13.2. The van der Waals surface area contributed by atoms with Gasteiger partial charge in [-0.3, -0.25) is 0 Å². The smallest absolute Gasteiger partial charge is 0.317 e. The van der Waals surface area contributed by atoms with E-state index in [0.717, 1.165) is 11.3 Å². The van der Waals surface area contributed by atoms with Crippen molar-refractivity contribution in [2.45, 2.75) is 13.5 Å². The summed E-state index contributed by atoms with van der Waals surface area (Å²) in [7, 11) is 4.95. The third kappa shape index (κ3) is 3.55. The van der Waals surface area contributed by atoms with Crippen molar-refractivity contribution < 1.29 is 14.3 Å². The fraction of sp³-hybridized carbons (Fsp3) is 0.462. The van der Waals surface area contributed by atoms with Gasteiger partial charge in [-0.25, -0.2) is 4.79 Å². The van der Waals surface area contributed by atoms with Crippen LogP contribution in [0.4, 0.5) is 4.79 Å². The van der Waals surface area contributed by atoms with Crippen molar-refractivity contribution >= 4 is 6.03 Å². The molecule has 1 N–H and O–H groups in total. The molecule has 100 valence electrons. The van der Waals surface area contributed by atoms with Gasteiger partial charge in [-0.2, -0.15) is 0 Å². The van der Waals surface area contributed by atoms with Gasteiger partial charge >= 0.3 is 6.03 Å². The number of urea groups is 1. The lowest BCUT2D eigenvalue weighted by Crippen LogP contribution is -2.36. The molecule has 0 aromatic heterocycles. The molecule has 0 aliphatic heterocycles. The van der Waals surface area contributed by atoms with Gasteiger partial charge < -0.3 is 19.7 Å². The zero-order chi connectivity index (χ0) is 13.5. The van der Waals surface area contributed by atoms with Crippen LogP contribution in [-0.2, 0) is 6.54 Å². The van der Waals surface area contributed by atoms with Gasteiger partial charge in [-0.05, 0) is 19.1 Å². The van der Waals surface area contributed by atoms with Crippen molar-refractivity contribution in [2.24, 2.45) is 0 Å². The summed E-state index contributed by atoms with van der Waals surface area (Å²) in [5.74, 6) is 1.43. The predicted molar refractivity (Wildman–Crippen MR) is 70.1 cm³/mol. The molecule has 0 aliphatic rings. The number of methoxy groups -OCH3 is 2. The monoisotopic (exact) mass is 252 g/mol.